The van der Waals surface area contributed by atoms with Gasteiger partial charge in [-0.2, -0.15) is 0 Å². The summed E-state index contributed by atoms with van der Waals surface area (Å²) in [4.78, 5) is 2.44. The maximum atomic E-state index is 5.47. The van der Waals surface area contributed by atoms with Crippen molar-refractivity contribution >= 4 is 0 Å². The Hall–Kier alpha value is -0.800. The van der Waals surface area contributed by atoms with Crippen LogP contribution in [0.1, 0.15) is 39.0 Å². The van der Waals surface area contributed by atoms with Crippen LogP contribution in [0.4, 0.5) is 0 Å². The van der Waals surface area contributed by atoms with Gasteiger partial charge in [-0.05, 0) is 38.2 Å². The average molecular weight is 224 g/mol. The summed E-state index contributed by atoms with van der Waals surface area (Å²) in [6.07, 6.45) is 2.85. The van der Waals surface area contributed by atoms with E-state index in [1.165, 1.54) is 0 Å². The van der Waals surface area contributed by atoms with Crippen LogP contribution in [0.15, 0.2) is 22.8 Å². The molecule has 1 rings (SSSR count). The molecular weight excluding hydrogens is 200 g/mol. The zero-order valence-electron chi connectivity index (χ0n) is 10.7. The van der Waals surface area contributed by atoms with Gasteiger partial charge < -0.3 is 14.6 Å². The second kappa shape index (κ2) is 7.47. The third kappa shape index (κ3) is 3.99. The predicted octanol–water partition coefficient (Wildman–Crippen LogP) is 2.66. The lowest BCUT2D eigenvalue weighted by atomic mass is 10.1. The molecule has 1 N–H and O–H groups in total. The molecule has 1 heterocycles. The molecule has 0 aliphatic heterocycles. The maximum Gasteiger partial charge on any atom is 0.120 e. The van der Waals surface area contributed by atoms with E-state index < -0.39 is 0 Å². The van der Waals surface area contributed by atoms with Crippen LogP contribution in [0.5, 0.6) is 0 Å². The van der Waals surface area contributed by atoms with E-state index in [0.29, 0.717) is 6.04 Å². The molecule has 92 valence electrons. The van der Waals surface area contributed by atoms with Crippen LogP contribution < -0.4 is 5.32 Å². The van der Waals surface area contributed by atoms with Gasteiger partial charge in [0.15, 0.2) is 0 Å². The summed E-state index contributed by atoms with van der Waals surface area (Å²) in [5.74, 6) is 1.05. The first-order chi connectivity index (χ1) is 7.81. The van der Waals surface area contributed by atoms with Gasteiger partial charge >= 0.3 is 0 Å². The average Bonchev–Trinajstić information content (AvgIpc) is 2.82. The van der Waals surface area contributed by atoms with Gasteiger partial charge in [0.25, 0.3) is 0 Å². The lowest BCUT2D eigenvalue weighted by molar-refractivity contribution is 0.272. The molecule has 0 fully saturated rings. The summed E-state index contributed by atoms with van der Waals surface area (Å²) >= 11 is 0. The van der Waals surface area contributed by atoms with Crippen molar-refractivity contribution in [1.82, 2.24) is 10.2 Å². The van der Waals surface area contributed by atoms with Crippen molar-refractivity contribution in [2.24, 2.45) is 0 Å². The van der Waals surface area contributed by atoms with Gasteiger partial charge in [0.1, 0.15) is 5.76 Å². The second-order valence-corrected chi connectivity index (χ2v) is 3.94. The van der Waals surface area contributed by atoms with Crippen molar-refractivity contribution in [1.29, 1.82) is 0 Å². The van der Waals surface area contributed by atoms with Gasteiger partial charge in [0.05, 0.1) is 12.3 Å². The summed E-state index contributed by atoms with van der Waals surface area (Å²) in [5, 5.41) is 3.47. The Morgan fingerprint density at radius 1 is 1.31 bits per heavy atom. The van der Waals surface area contributed by atoms with E-state index in [4.69, 9.17) is 4.42 Å². The van der Waals surface area contributed by atoms with E-state index in [0.717, 1.165) is 38.4 Å². The topological polar surface area (TPSA) is 28.4 Å². The number of furan rings is 1. The summed E-state index contributed by atoms with van der Waals surface area (Å²) < 4.78 is 5.47. The first kappa shape index (κ1) is 13.3. The molecule has 0 saturated heterocycles. The SMILES string of the molecule is CCNC(CCN(CC)CC)c1ccco1. The Morgan fingerprint density at radius 3 is 2.56 bits per heavy atom. The number of rotatable bonds is 8. The van der Waals surface area contributed by atoms with E-state index in [1.807, 2.05) is 6.07 Å². The Labute approximate surface area is 98.8 Å². The van der Waals surface area contributed by atoms with Gasteiger partial charge in [-0.15, -0.1) is 0 Å². The molecule has 0 bridgehead atoms. The lowest BCUT2D eigenvalue weighted by Crippen LogP contribution is -2.29. The van der Waals surface area contributed by atoms with Crippen LogP contribution in [-0.2, 0) is 0 Å². The number of nitrogens with one attached hydrogen (secondary N) is 1. The Morgan fingerprint density at radius 2 is 2.06 bits per heavy atom. The van der Waals surface area contributed by atoms with E-state index in [1.54, 1.807) is 6.26 Å². The lowest BCUT2D eigenvalue weighted by Gasteiger charge is -2.22. The van der Waals surface area contributed by atoms with Gasteiger partial charge in [-0.25, -0.2) is 0 Å². The monoisotopic (exact) mass is 224 g/mol. The quantitative estimate of drug-likeness (QED) is 0.736. The van der Waals surface area contributed by atoms with Gasteiger partial charge in [-0.3, -0.25) is 0 Å². The minimum absolute atomic E-state index is 0.348. The maximum absolute atomic E-state index is 5.47. The molecule has 1 aromatic rings. The van der Waals surface area contributed by atoms with Crippen LogP contribution in [0.2, 0.25) is 0 Å². The van der Waals surface area contributed by atoms with Crippen molar-refractivity contribution in [3.63, 3.8) is 0 Å². The highest BCUT2D eigenvalue weighted by atomic mass is 16.3. The number of hydrogen-bond donors (Lipinski definition) is 1. The molecule has 0 amide bonds. The van der Waals surface area contributed by atoms with Crippen LogP contribution in [-0.4, -0.2) is 31.1 Å². The summed E-state index contributed by atoms with van der Waals surface area (Å²) in [7, 11) is 0. The molecular formula is C13H24N2O. The van der Waals surface area contributed by atoms with Crippen molar-refractivity contribution in [2.45, 2.75) is 33.2 Å². The number of hydrogen-bond acceptors (Lipinski definition) is 3. The largest absolute Gasteiger partial charge is 0.468 e. The van der Waals surface area contributed by atoms with Gasteiger partial charge in [0, 0.05) is 6.54 Å². The minimum atomic E-state index is 0.348. The molecule has 0 aromatic carbocycles. The molecule has 0 radical (unpaired) electrons. The van der Waals surface area contributed by atoms with Crippen molar-refractivity contribution in [3.05, 3.63) is 24.2 Å². The predicted molar refractivity (Wildman–Crippen MR) is 67.5 cm³/mol. The third-order valence-corrected chi connectivity index (χ3v) is 2.97. The van der Waals surface area contributed by atoms with E-state index in [-0.39, 0.29) is 0 Å². The molecule has 0 saturated carbocycles. The molecule has 0 spiro atoms. The van der Waals surface area contributed by atoms with Crippen LogP contribution >= 0.6 is 0 Å². The molecule has 3 heteroatoms. The van der Waals surface area contributed by atoms with Crippen molar-refractivity contribution in [2.75, 3.05) is 26.2 Å². The molecule has 1 atom stereocenters. The standard InChI is InChI=1S/C13H24N2O/c1-4-14-12(13-8-7-11-16-13)9-10-15(5-2)6-3/h7-8,11-12,14H,4-6,9-10H2,1-3H3. The zero-order chi connectivity index (χ0) is 11.8. The molecule has 1 unspecified atom stereocenters. The zero-order valence-corrected chi connectivity index (χ0v) is 10.7. The van der Waals surface area contributed by atoms with Crippen molar-refractivity contribution < 1.29 is 4.42 Å². The van der Waals surface area contributed by atoms with Crippen molar-refractivity contribution in [3.8, 4) is 0 Å². The van der Waals surface area contributed by atoms with Gasteiger partial charge in [-0.1, -0.05) is 20.8 Å². The van der Waals surface area contributed by atoms with Crippen LogP contribution in [0.3, 0.4) is 0 Å². The van der Waals surface area contributed by atoms with E-state index in [9.17, 15) is 0 Å². The summed E-state index contributed by atoms with van der Waals surface area (Å²) in [6, 6.07) is 4.35. The normalized spacial score (nSPS) is 13.2. The fourth-order valence-corrected chi connectivity index (χ4v) is 1.93. The molecule has 1 aromatic heterocycles. The first-order valence-corrected chi connectivity index (χ1v) is 6.30. The molecule has 3 nitrogen and oxygen atoms in total. The highest BCUT2D eigenvalue weighted by Crippen LogP contribution is 2.17. The minimum Gasteiger partial charge on any atom is -0.468 e. The Balaban J connectivity index is 2.45. The summed E-state index contributed by atoms with van der Waals surface area (Å²) in [5.41, 5.74) is 0. The molecule has 0 aliphatic rings. The molecule has 16 heavy (non-hydrogen) atoms. The third-order valence-electron chi connectivity index (χ3n) is 2.97. The Bertz CT molecular complexity index is 255. The highest BCUT2D eigenvalue weighted by Gasteiger charge is 2.13. The second-order valence-electron chi connectivity index (χ2n) is 3.94. The smallest absolute Gasteiger partial charge is 0.120 e. The highest BCUT2D eigenvalue weighted by molar-refractivity contribution is 5.04. The summed E-state index contributed by atoms with van der Waals surface area (Å²) in [6.45, 7) is 10.9. The fraction of sp³-hybridized carbons (Fsp3) is 0.692. The molecule has 0 aliphatic carbocycles. The van der Waals surface area contributed by atoms with Crippen LogP contribution in [0, 0.1) is 0 Å². The van der Waals surface area contributed by atoms with E-state index >= 15 is 0 Å². The first-order valence-electron chi connectivity index (χ1n) is 6.30. The Kier molecular flexibility index (Phi) is 6.19. The van der Waals surface area contributed by atoms with E-state index in [2.05, 4.69) is 37.1 Å². The van der Waals surface area contributed by atoms with Crippen LogP contribution in [0.25, 0.3) is 0 Å². The number of nitrogens with zero attached hydrogens (tertiary/aromatic N) is 1. The van der Waals surface area contributed by atoms with Gasteiger partial charge in [0.2, 0.25) is 0 Å². The fourth-order valence-electron chi connectivity index (χ4n) is 1.93.